The number of anilines is 1. The van der Waals surface area contributed by atoms with Crippen molar-refractivity contribution >= 4 is 11.5 Å². The number of hydrogen-bond donors (Lipinski definition) is 1. The molecule has 1 fully saturated rings. The maximum absolute atomic E-state index is 10.9. The van der Waals surface area contributed by atoms with Gasteiger partial charge >= 0.3 is 5.69 Å². The summed E-state index contributed by atoms with van der Waals surface area (Å²) in [6.45, 7) is 5.96. The highest BCUT2D eigenvalue weighted by atomic mass is 16.6. The van der Waals surface area contributed by atoms with Gasteiger partial charge in [0.15, 0.2) is 0 Å². The van der Waals surface area contributed by atoms with Gasteiger partial charge in [-0.05, 0) is 51.9 Å². The van der Waals surface area contributed by atoms with Crippen molar-refractivity contribution in [2.75, 3.05) is 31.5 Å². The Balaban J connectivity index is 1.84. The molecule has 0 radical (unpaired) electrons. The maximum Gasteiger partial charge on any atom is 0.311 e. The van der Waals surface area contributed by atoms with Gasteiger partial charge in [-0.3, -0.25) is 10.1 Å². The molecule has 19 heavy (non-hydrogen) atoms. The van der Waals surface area contributed by atoms with Gasteiger partial charge in [-0.1, -0.05) is 0 Å². The molecule has 2 rings (SSSR count). The Kier molecular flexibility index (Phi) is 4.68. The molecule has 0 bridgehead atoms. The summed E-state index contributed by atoms with van der Waals surface area (Å²) < 4.78 is 0. The minimum Gasteiger partial charge on any atom is -0.364 e. The van der Waals surface area contributed by atoms with Crippen LogP contribution in [0.2, 0.25) is 0 Å². The van der Waals surface area contributed by atoms with E-state index in [1.165, 1.54) is 32.0 Å². The molecule has 1 aliphatic heterocycles. The van der Waals surface area contributed by atoms with E-state index >= 15 is 0 Å². The highest BCUT2D eigenvalue weighted by molar-refractivity contribution is 5.55. The van der Waals surface area contributed by atoms with Gasteiger partial charge in [-0.2, -0.15) is 0 Å². The van der Waals surface area contributed by atoms with Crippen LogP contribution in [0.4, 0.5) is 11.5 Å². The fourth-order valence-electron chi connectivity index (χ4n) is 2.34. The smallest absolute Gasteiger partial charge is 0.311 e. The summed E-state index contributed by atoms with van der Waals surface area (Å²) in [5.41, 5.74) is 0.833. The molecule has 6 heteroatoms. The minimum atomic E-state index is -0.394. The number of hydrogen-bond acceptors (Lipinski definition) is 5. The minimum absolute atomic E-state index is 0.0479. The van der Waals surface area contributed by atoms with Crippen molar-refractivity contribution < 1.29 is 4.92 Å². The number of likely N-dealkylation sites (tertiary alicyclic amines) is 1. The standard InChI is InChI=1S/C13H20N4O2/c1-11-5-6-12(17(18)19)13(15-11)14-7-4-10-16-8-2-3-9-16/h5-6H,2-4,7-10H2,1H3,(H,14,15). The summed E-state index contributed by atoms with van der Waals surface area (Å²) >= 11 is 0. The zero-order valence-corrected chi connectivity index (χ0v) is 11.3. The van der Waals surface area contributed by atoms with Crippen molar-refractivity contribution in [2.24, 2.45) is 0 Å². The Hall–Kier alpha value is -1.69. The van der Waals surface area contributed by atoms with Gasteiger partial charge in [0.1, 0.15) is 0 Å². The molecule has 1 aromatic heterocycles. The van der Waals surface area contributed by atoms with Gasteiger partial charge in [0.05, 0.1) is 4.92 Å². The van der Waals surface area contributed by atoms with Gasteiger partial charge < -0.3 is 10.2 Å². The van der Waals surface area contributed by atoms with E-state index in [0.29, 0.717) is 12.4 Å². The summed E-state index contributed by atoms with van der Waals surface area (Å²) in [4.78, 5) is 17.1. The molecular formula is C13H20N4O2. The average molecular weight is 264 g/mol. The third-order valence-corrected chi connectivity index (χ3v) is 3.35. The van der Waals surface area contributed by atoms with Gasteiger partial charge in [0.25, 0.3) is 0 Å². The van der Waals surface area contributed by atoms with E-state index in [1.54, 1.807) is 6.07 Å². The first-order chi connectivity index (χ1) is 9.16. The molecule has 1 aromatic rings. The second kappa shape index (κ2) is 6.47. The zero-order chi connectivity index (χ0) is 13.7. The zero-order valence-electron chi connectivity index (χ0n) is 11.3. The van der Waals surface area contributed by atoms with Crippen LogP contribution in [0.1, 0.15) is 25.0 Å². The molecule has 104 valence electrons. The summed E-state index contributed by atoms with van der Waals surface area (Å²) in [5, 5.41) is 14.0. The number of rotatable bonds is 6. The van der Waals surface area contributed by atoms with Gasteiger partial charge in [0, 0.05) is 18.3 Å². The van der Waals surface area contributed by atoms with Gasteiger partial charge in [0.2, 0.25) is 5.82 Å². The molecule has 1 saturated heterocycles. The number of pyridine rings is 1. The summed E-state index contributed by atoms with van der Waals surface area (Å²) in [5.74, 6) is 0.381. The molecule has 0 aliphatic carbocycles. The molecule has 0 aromatic carbocycles. The Bertz CT molecular complexity index is 444. The van der Waals surface area contributed by atoms with Crippen LogP contribution in [0, 0.1) is 17.0 Å². The topological polar surface area (TPSA) is 71.3 Å². The second-order valence-electron chi connectivity index (χ2n) is 4.91. The van der Waals surface area contributed by atoms with Crippen LogP contribution in [0.3, 0.4) is 0 Å². The Morgan fingerprint density at radius 3 is 2.84 bits per heavy atom. The first-order valence-electron chi connectivity index (χ1n) is 6.75. The van der Waals surface area contributed by atoms with Crippen LogP contribution in [0.5, 0.6) is 0 Å². The highest BCUT2D eigenvalue weighted by Crippen LogP contribution is 2.21. The molecule has 0 amide bonds. The van der Waals surface area contributed by atoms with Gasteiger partial charge in [-0.25, -0.2) is 4.98 Å². The number of aromatic nitrogens is 1. The molecule has 0 saturated carbocycles. The number of nitrogens with one attached hydrogen (secondary N) is 1. The van der Waals surface area contributed by atoms with E-state index in [1.807, 2.05) is 6.92 Å². The van der Waals surface area contributed by atoms with Crippen molar-refractivity contribution in [3.8, 4) is 0 Å². The van der Waals surface area contributed by atoms with Crippen molar-refractivity contribution in [3.63, 3.8) is 0 Å². The SMILES string of the molecule is Cc1ccc([N+](=O)[O-])c(NCCCN2CCCC2)n1. The predicted octanol–water partition coefficient (Wildman–Crippen LogP) is 2.20. The molecule has 0 atom stereocenters. The fourth-order valence-corrected chi connectivity index (χ4v) is 2.34. The quantitative estimate of drug-likeness (QED) is 0.484. The lowest BCUT2D eigenvalue weighted by Crippen LogP contribution is -2.22. The van der Waals surface area contributed by atoms with Crippen molar-refractivity contribution in [1.29, 1.82) is 0 Å². The van der Waals surface area contributed by atoms with Crippen molar-refractivity contribution in [1.82, 2.24) is 9.88 Å². The second-order valence-corrected chi connectivity index (χ2v) is 4.91. The molecule has 0 spiro atoms. The lowest BCUT2D eigenvalue weighted by molar-refractivity contribution is -0.384. The molecule has 0 unspecified atom stereocenters. The van der Waals surface area contributed by atoms with E-state index in [4.69, 9.17) is 0 Å². The lowest BCUT2D eigenvalue weighted by Gasteiger charge is -2.14. The Morgan fingerprint density at radius 2 is 2.16 bits per heavy atom. The van der Waals surface area contributed by atoms with Gasteiger partial charge in [-0.15, -0.1) is 0 Å². The van der Waals surface area contributed by atoms with E-state index in [-0.39, 0.29) is 5.69 Å². The molecule has 2 heterocycles. The average Bonchev–Trinajstić information content (AvgIpc) is 2.87. The van der Waals surface area contributed by atoms with E-state index < -0.39 is 4.92 Å². The van der Waals surface area contributed by atoms with Crippen molar-refractivity contribution in [3.05, 3.63) is 27.9 Å². The predicted molar refractivity (Wildman–Crippen MR) is 74.4 cm³/mol. The number of aryl methyl sites for hydroxylation is 1. The van der Waals surface area contributed by atoms with E-state index in [0.717, 1.165) is 18.7 Å². The van der Waals surface area contributed by atoms with Crippen LogP contribution in [0.15, 0.2) is 12.1 Å². The van der Waals surface area contributed by atoms with E-state index in [9.17, 15) is 10.1 Å². The molecular weight excluding hydrogens is 244 g/mol. The first-order valence-corrected chi connectivity index (χ1v) is 6.75. The normalized spacial score (nSPS) is 15.6. The number of nitro groups is 1. The first kappa shape index (κ1) is 13.7. The van der Waals surface area contributed by atoms with Crippen LogP contribution >= 0.6 is 0 Å². The lowest BCUT2D eigenvalue weighted by atomic mass is 10.3. The van der Waals surface area contributed by atoms with Crippen molar-refractivity contribution in [2.45, 2.75) is 26.2 Å². The van der Waals surface area contributed by atoms with Crippen LogP contribution < -0.4 is 5.32 Å². The molecule has 1 N–H and O–H groups in total. The molecule has 6 nitrogen and oxygen atoms in total. The maximum atomic E-state index is 10.9. The monoisotopic (exact) mass is 264 g/mol. The summed E-state index contributed by atoms with van der Waals surface area (Å²) in [7, 11) is 0. The Labute approximate surface area is 113 Å². The summed E-state index contributed by atoms with van der Waals surface area (Å²) in [6, 6.07) is 3.17. The third kappa shape index (κ3) is 3.89. The van der Waals surface area contributed by atoms with Crippen LogP contribution in [0.25, 0.3) is 0 Å². The fraction of sp³-hybridized carbons (Fsp3) is 0.615. The third-order valence-electron chi connectivity index (χ3n) is 3.35. The molecule has 1 aliphatic rings. The summed E-state index contributed by atoms with van der Waals surface area (Å²) in [6.07, 6.45) is 3.56. The van der Waals surface area contributed by atoms with Crippen LogP contribution in [-0.4, -0.2) is 41.0 Å². The highest BCUT2D eigenvalue weighted by Gasteiger charge is 2.15. The Morgan fingerprint density at radius 1 is 1.42 bits per heavy atom. The number of nitrogens with zero attached hydrogens (tertiary/aromatic N) is 3. The van der Waals surface area contributed by atoms with E-state index in [2.05, 4.69) is 15.2 Å². The largest absolute Gasteiger partial charge is 0.364 e. The van der Waals surface area contributed by atoms with Crippen LogP contribution in [-0.2, 0) is 0 Å².